The van der Waals surface area contributed by atoms with Gasteiger partial charge in [-0.05, 0) is 36.2 Å². The highest BCUT2D eigenvalue weighted by molar-refractivity contribution is 7.89. The number of nitrogens with one attached hydrogen (secondary N) is 1. The zero-order valence-corrected chi connectivity index (χ0v) is 12.6. The van der Waals surface area contributed by atoms with Crippen molar-refractivity contribution in [3.05, 3.63) is 65.5 Å². The number of hydrogen-bond acceptors (Lipinski definition) is 2. The van der Waals surface area contributed by atoms with Crippen molar-refractivity contribution in [1.82, 2.24) is 4.72 Å². The van der Waals surface area contributed by atoms with Crippen molar-refractivity contribution < 1.29 is 26.0 Å². The summed E-state index contributed by atoms with van der Waals surface area (Å²) in [6.45, 7) is -0.125. The first-order valence-electron chi connectivity index (χ1n) is 6.60. The van der Waals surface area contributed by atoms with Crippen LogP contribution in [0.15, 0.2) is 53.4 Å². The molecule has 1 N–H and O–H groups in total. The van der Waals surface area contributed by atoms with Crippen molar-refractivity contribution in [3.8, 4) is 0 Å². The molecule has 23 heavy (non-hydrogen) atoms. The lowest BCUT2D eigenvalue weighted by Crippen LogP contribution is -2.26. The van der Waals surface area contributed by atoms with Crippen molar-refractivity contribution >= 4 is 10.0 Å². The first kappa shape index (κ1) is 17.4. The molecule has 3 nitrogen and oxygen atoms in total. The third-order valence-corrected chi connectivity index (χ3v) is 4.57. The zero-order chi connectivity index (χ0) is 17.1. The largest absolute Gasteiger partial charge is 0.416 e. The Morgan fingerprint density at radius 3 is 2.35 bits per heavy atom. The summed E-state index contributed by atoms with van der Waals surface area (Å²) in [5.41, 5.74) is -0.728. The lowest BCUT2D eigenvalue weighted by molar-refractivity contribution is -0.137. The third-order valence-electron chi connectivity index (χ3n) is 3.12. The number of benzene rings is 2. The molecule has 0 saturated heterocycles. The lowest BCUT2D eigenvalue weighted by atomic mass is 10.1. The van der Waals surface area contributed by atoms with Gasteiger partial charge in [-0.2, -0.15) is 13.2 Å². The summed E-state index contributed by atoms with van der Waals surface area (Å²) in [6.07, 6.45) is -4.54. The van der Waals surface area contributed by atoms with Gasteiger partial charge in [-0.3, -0.25) is 0 Å². The molecule has 0 aliphatic rings. The average molecular weight is 347 g/mol. The molecule has 0 heterocycles. The van der Waals surface area contributed by atoms with E-state index in [0.717, 1.165) is 18.2 Å². The molecular weight excluding hydrogens is 334 g/mol. The summed E-state index contributed by atoms with van der Waals surface area (Å²) in [5, 5.41) is 0. The molecule has 0 aliphatic carbocycles. The maximum absolute atomic E-state index is 13.4. The highest BCUT2D eigenvalue weighted by atomic mass is 32.2. The standard InChI is InChI=1S/C15H13F4NO2S/c16-14-7-2-1-4-11(14)8-9-20-23(21,22)13-6-3-5-12(10-13)15(17,18)19/h1-7,10,20H,8-9H2. The van der Waals surface area contributed by atoms with Gasteiger partial charge < -0.3 is 0 Å². The fraction of sp³-hybridized carbons (Fsp3) is 0.200. The number of halogens is 4. The van der Waals surface area contributed by atoms with Gasteiger partial charge >= 0.3 is 6.18 Å². The van der Waals surface area contributed by atoms with Crippen LogP contribution < -0.4 is 4.72 Å². The van der Waals surface area contributed by atoms with Gasteiger partial charge in [0.15, 0.2) is 0 Å². The first-order chi connectivity index (χ1) is 10.7. The Hall–Kier alpha value is -1.93. The molecule has 0 aliphatic heterocycles. The third kappa shape index (κ3) is 4.52. The van der Waals surface area contributed by atoms with E-state index in [9.17, 15) is 26.0 Å². The molecule has 0 spiro atoms. The normalized spacial score (nSPS) is 12.3. The van der Waals surface area contributed by atoms with Crippen molar-refractivity contribution in [3.63, 3.8) is 0 Å². The van der Waals surface area contributed by atoms with E-state index < -0.39 is 32.5 Å². The molecule has 124 valence electrons. The Morgan fingerprint density at radius 1 is 1.00 bits per heavy atom. The second-order valence-electron chi connectivity index (χ2n) is 4.76. The van der Waals surface area contributed by atoms with E-state index in [2.05, 4.69) is 4.72 Å². The van der Waals surface area contributed by atoms with Crippen LogP contribution in [-0.2, 0) is 22.6 Å². The second kappa shape index (κ2) is 6.67. The van der Waals surface area contributed by atoms with Crippen LogP contribution in [0.5, 0.6) is 0 Å². The molecule has 8 heteroatoms. The Morgan fingerprint density at radius 2 is 1.70 bits per heavy atom. The van der Waals surface area contributed by atoms with E-state index in [0.29, 0.717) is 11.6 Å². The van der Waals surface area contributed by atoms with Gasteiger partial charge in [0.05, 0.1) is 10.5 Å². The molecule has 2 rings (SSSR count). The maximum atomic E-state index is 13.4. The van der Waals surface area contributed by atoms with Crippen LogP contribution in [0.1, 0.15) is 11.1 Å². The van der Waals surface area contributed by atoms with E-state index in [1.54, 1.807) is 6.07 Å². The van der Waals surface area contributed by atoms with Gasteiger partial charge in [-0.25, -0.2) is 17.5 Å². The quantitative estimate of drug-likeness (QED) is 0.843. The Balaban J connectivity index is 2.09. The molecule has 0 unspecified atom stereocenters. The van der Waals surface area contributed by atoms with E-state index >= 15 is 0 Å². The van der Waals surface area contributed by atoms with Crippen molar-refractivity contribution in [1.29, 1.82) is 0 Å². The minimum absolute atomic E-state index is 0.0882. The Kier molecular flexibility index (Phi) is 5.06. The Bertz CT molecular complexity index is 788. The van der Waals surface area contributed by atoms with Gasteiger partial charge in [-0.15, -0.1) is 0 Å². The van der Waals surface area contributed by atoms with E-state index in [1.165, 1.54) is 18.2 Å². The number of rotatable bonds is 5. The fourth-order valence-electron chi connectivity index (χ4n) is 1.94. The van der Waals surface area contributed by atoms with Crippen molar-refractivity contribution in [2.75, 3.05) is 6.54 Å². The van der Waals surface area contributed by atoms with Gasteiger partial charge in [0, 0.05) is 6.54 Å². The molecule has 0 aromatic heterocycles. The van der Waals surface area contributed by atoms with Crippen LogP contribution in [0.3, 0.4) is 0 Å². The fourth-order valence-corrected chi connectivity index (χ4v) is 3.02. The topological polar surface area (TPSA) is 46.2 Å². The molecule has 2 aromatic rings. The summed E-state index contributed by atoms with van der Waals surface area (Å²) in [6, 6.07) is 9.31. The minimum atomic E-state index is -4.63. The second-order valence-corrected chi connectivity index (χ2v) is 6.53. The summed E-state index contributed by atoms with van der Waals surface area (Å²) in [5.74, 6) is -0.467. The van der Waals surface area contributed by atoms with Crippen LogP contribution >= 0.6 is 0 Å². The molecule has 2 aromatic carbocycles. The van der Waals surface area contributed by atoms with Gasteiger partial charge in [0.1, 0.15) is 5.82 Å². The summed E-state index contributed by atoms with van der Waals surface area (Å²) in [4.78, 5) is -0.485. The van der Waals surface area contributed by atoms with E-state index in [-0.39, 0.29) is 13.0 Å². The number of hydrogen-bond donors (Lipinski definition) is 1. The highest BCUT2D eigenvalue weighted by Gasteiger charge is 2.31. The molecule has 0 amide bonds. The molecular formula is C15H13F4NO2S. The van der Waals surface area contributed by atoms with Gasteiger partial charge in [0.2, 0.25) is 10.0 Å². The van der Waals surface area contributed by atoms with Crippen LogP contribution in [0.4, 0.5) is 17.6 Å². The summed E-state index contributed by atoms with van der Waals surface area (Å²) < 4.78 is 77.5. The average Bonchev–Trinajstić information content (AvgIpc) is 2.48. The minimum Gasteiger partial charge on any atom is -0.211 e. The molecule has 0 bridgehead atoms. The van der Waals surface area contributed by atoms with Crippen LogP contribution in [0.2, 0.25) is 0 Å². The monoisotopic (exact) mass is 347 g/mol. The molecule has 0 atom stereocenters. The maximum Gasteiger partial charge on any atom is 0.416 e. The Labute approximate surface area is 131 Å². The van der Waals surface area contributed by atoms with Crippen molar-refractivity contribution in [2.24, 2.45) is 0 Å². The van der Waals surface area contributed by atoms with Crippen LogP contribution in [0.25, 0.3) is 0 Å². The number of alkyl halides is 3. The molecule has 0 saturated carbocycles. The van der Waals surface area contributed by atoms with Crippen LogP contribution in [-0.4, -0.2) is 15.0 Å². The lowest BCUT2D eigenvalue weighted by Gasteiger charge is -2.10. The molecule has 0 radical (unpaired) electrons. The van der Waals surface area contributed by atoms with Gasteiger partial charge in [-0.1, -0.05) is 24.3 Å². The van der Waals surface area contributed by atoms with Gasteiger partial charge in [0.25, 0.3) is 0 Å². The van der Waals surface area contributed by atoms with E-state index in [1.807, 2.05) is 0 Å². The zero-order valence-electron chi connectivity index (χ0n) is 11.8. The number of sulfonamides is 1. The first-order valence-corrected chi connectivity index (χ1v) is 8.09. The van der Waals surface area contributed by atoms with E-state index in [4.69, 9.17) is 0 Å². The predicted molar refractivity (Wildman–Crippen MR) is 76.7 cm³/mol. The SMILES string of the molecule is O=S(=O)(NCCc1ccccc1F)c1cccc(C(F)(F)F)c1. The van der Waals surface area contributed by atoms with Crippen molar-refractivity contribution in [2.45, 2.75) is 17.5 Å². The van der Waals surface area contributed by atoms with Crippen LogP contribution in [0, 0.1) is 5.82 Å². The summed E-state index contributed by atoms with van der Waals surface area (Å²) in [7, 11) is -4.10. The highest BCUT2D eigenvalue weighted by Crippen LogP contribution is 2.30. The molecule has 0 fully saturated rings. The smallest absolute Gasteiger partial charge is 0.211 e. The summed E-state index contributed by atoms with van der Waals surface area (Å²) >= 11 is 0. The predicted octanol–water partition coefficient (Wildman–Crippen LogP) is 3.37.